The molecule has 0 N–H and O–H groups in total. The van der Waals surface area contributed by atoms with Crippen LogP contribution in [0.25, 0.3) is 11.3 Å². The minimum absolute atomic E-state index is 0.117. The third-order valence-electron chi connectivity index (χ3n) is 2.67. The molecule has 0 radical (unpaired) electrons. The Bertz CT molecular complexity index is 601. The van der Waals surface area contributed by atoms with Crippen molar-refractivity contribution in [1.29, 1.82) is 0 Å². The molecule has 2 rings (SSSR count). The van der Waals surface area contributed by atoms with E-state index in [1.54, 1.807) is 48.5 Å². The summed E-state index contributed by atoms with van der Waals surface area (Å²) in [7, 11) is 0. The maximum atomic E-state index is 14.1. The van der Waals surface area contributed by atoms with Crippen LogP contribution in [0, 0.1) is 0 Å². The van der Waals surface area contributed by atoms with E-state index < -0.39 is 11.6 Å². The number of allylic oxidation sites excluding steroid dienone is 2. The Morgan fingerprint density at radius 2 is 1.32 bits per heavy atom. The summed E-state index contributed by atoms with van der Waals surface area (Å²) in [6, 6.07) is 16.1. The maximum Gasteiger partial charge on any atom is 0.126 e. The Balaban J connectivity index is 2.45. The lowest BCUT2D eigenvalue weighted by Crippen LogP contribution is -2.05. The fourth-order valence-electron chi connectivity index (χ4n) is 1.69. The minimum atomic E-state index is -1.10. The highest BCUT2D eigenvalue weighted by atomic mass is 19.1. The van der Waals surface area contributed by atoms with Gasteiger partial charge in [0, 0.05) is 5.57 Å². The molecule has 0 bridgehead atoms. The summed E-state index contributed by atoms with van der Waals surface area (Å²) < 4.78 is 27.0. The first-order chi connectivity index (χ1) is 9.24. The summed E-state index contributed by atoms with van der Waals surface area (Å²) in [5.41, 5.74) is 0.177. The molecule has 0 atom stereocenters. The molecule has 0 aromatic heterocycles. The molecule has 0 amide bonds. The van der Waals surface area contributed by atoms with E-state index in [1.165, 1.54) is 12.1 Å². The highest BCUT2D eigenvalue weighted by Gasteiger charge is 2.09. The lowest BCUT2D eigenvalue weighted by atomic mass is 10.0. The number of hydrogen-bond donors (Lipinski definition) is 0. The van der Waals surface area contributed by atoms with Gasteiger partial charge in [0.2, 0.25) is 0 Å². The van der Waals surface area contributed by atoms with Crippen molar-refractivity contribution in [2.75, 3.05) is 0 Å². The van der Waals surface area contributed by atoms with Crippen LogP contribution in [-0.2, 0) is 0 Å². The molecule has 1 nitrogen and oxygen atoms in total. The maximum absolute atomic E-state index is 14.1. The normalized spacial score (nSPS) is 13.1. The van der Waals surface area contributed by atoms with Crippen LogP contribution in [0.15, 0.2) is 72.8 Å². The highest BCUT2D eigenvalue weighted by molar-refractivity contribution is 5.83. The Morgan fingerprint density at radius 3 is 1.79 bits per heavy atom. The zero-order valence-corrected chi connectivity index (χ0v) is 10.0. The molecule has 3 heteroatoms. The summed E-state index contributed by atoms with van der Waals surface area (Å²) in [6.45, 7) is 0. The first-order valence-corrected chi connectivity index (χ1v) is 5.72. The number of rotatable bonds is 3. The number of halogens is 2. The van der Waals surface area contributed by atoms with Gasteiger partial charge in [-0.2, -0.15) is 0 Å². The van der Waals surface area contributed by atoms with Crippen molar-refractivity contribution >= 4 is 11.3 Å². The molecule has 19 heavy (non-hydrogen) atoms. The van der Waals surface area contributed by atoms with Gasteiger partial charge in [0.1, 0.15) is 5.83 Å². The molecule has 0 aliphatic rings. The molecule has 2 aromatic carbocycles. The van der Waals surface area contributed by atoms with Gasteiger partial charge in [-0.1, -0.05) is 66.4 Å². The van der Waals surface area contributed by atoms with Crippen molar-refractivity contribution in [2.24, 2.45) is 0 Å². The van der Waals surface area contributed by atoms with E-state index in [0.29, 0.717) is 5.56 Å². The fraction of sp³-hybridized carbons (Fsp3) is 0. The van der Waals surface area contributed by atoms with E-state index in [1.807, 2.05) is 0 Å². The Hall–Kier alpha value is -2.42. The van der Waals surface area contributed by atoms with Crippen LogP contribution >= 0.6 is 0 Å². The fourth-order valence-corrected chi connectivity index (χ4v) is 1.69. The molecule has 0 aliphatic carbocycles. The van der Waals surface area contributed by atoms with Crippen molar-refractivity contribution in [3.63, 3.8) is 0 Å². The van der Waals surface area contributed by atoms with Crippen molar-refractivity contribution in [2.45, 2.75) is 0 Å². The van der Waals surface area contributed by atoms with E-state index >= 15 is 0 Å². The van der Waals surface area contributed by atoms with Crippen LogP contribution in [0.1, 0.15) is 11.1 Å². The zero-order chi connectivity index (χ0) is 13.7. The zero-order valence-electron chi connectivity index (χ0n) is 10.0. The van der Waals surface area contributed by atoms with Crippen LogP contribution in [0.3, 0.4) is 0 Å². The smallest absolute Gasteiger partial charge is 0.126 e. The minimum Gasteiger partial charge on any atom is -0.870 e. The Labute approximate surface area is 110 Å². The molecule has 0 saturated carbocycles. The van der Waals surface area contributed by atoms with Gasteiger partial charge >= 0.3 is 0 Å². The number of hydrogen-bond acceptors (Lipinski definition) is 1. The van der Waals surface area contributed by atoms with E-state index in [2.05, 4.69) is 0 Å². The lowest BCUT2D eigenvalue weighted by molar-refractivity contribution is -0.245. The average Bonchev–Trinajstić information content (AvgIpc) is 2.49. The van der Waals surface area contributed by atoms with E-state index in [-0.39, 0.29) is 17.5 Å². The van der Waals surface area contributed by atoms with Crippen LogP contribution in [0.5, 0.6) is 0 Å². The molecule has 0 aliphatic heterocycles. The Kier molecular flexibility index (Phi) is 4.08. The van der Waals surface area contributed by atoms with Crippen molar-refractivity contribution in [3.8, 4) is 0 Å². The first kappa shape index (κ1) is 13.0. The van der Waals surface area contributed by atoms with Gasteiger partial charge in [0.25, 0.3) is 0 Å². The second-order valence-electron chi connectivity index (χ2n) is 3.90. The third-order valence-corrected chi connectivity index (χ3v) is 2.67. The van der Waals surface area contributed by atoms with Crippen LogP contribution in [0.4, 0.5) is 8.78 Å². The summed E-state index contributed by atoms with van der Waals surface area (Å²) in [4.78, 5) is 0. The van der Waals surface area contributed by atoms with E-state index in [0.717, 1.165) is 0 Å². The van der Waals surface area contributed by atoms with Gasteiger partial charge in [-0.3, -0.25) is 0 Å². The van der Waals surface area contributed by atoms with Crippen LogP contribution < -0.4 is 5.11 Å². The molecule has 2 aromatic rings. The third kappa shape index (κ3) is 2.88. The average molecular weight is 257 g/mol. The molecule has 96 valence electrons. The van der Waals surface area contributed by atoms with Gasteiger partial charge in [-0.05, 0) is 11.1 Å². The SMILES string of the molecule is [O-]/C(=C(F)\C(=C\F)c1ccccc1)c1ccccc1. The molecular weight excluding hydrogens is 246 g/mol. The first-order valence-electron chi connectivity index (χ1n) is 5.72. The molecule has 0 fully saturated rings. The van der Waals surface area contributed by atoms with Crippen molar-refractivity contribution in [1.82, 2.24) is 0 Å². The largest absolute Gasteiger partial charge is 0.870 e. The summed E-state index contributed by atoms with van der Waals surface area (Å²) in [6.07, 6.45) is 0.117. The van der Waals surface area contributed by atoms with Gasteiger partial charge < -0.3 is 5.11 Å². The lowest BCUT2D eigenvalue weighted by Gasteiger charge is -2.15. The van der Waals surface area contributed by atoms with E-state index in [4.69, 9.17) is 0 Å². The predicted octanol–water partition coefficient (Wildman–Crippen LogP) is 3.70. The molecule has 0 spiro atoms. The monoisotopic (exact) mass is 257 g/mol. The summed E-state index contributed by atoms with van der Waals surface area (Å²) in [5.74, 6) is -1.92. The number of benzene rings is 2. The second-order valence-corrected chi connectivity index (χ2v) is 3.90. The second kappa shape index (κ2) is 5.96. The molecular formula is C16H11F2O-. The summed E-state index contributed by atoms with van der Waals surface area (Å²) in [5, 5.41) is 11.9. The van der Waals surface area contributed by atoms with Crippen LogP contribution in [-0.4, -0.2) is 0 Å². The Morgan fingerprint density at radius 1 is 0.842 bits per heavy atom. The van der Waals surface area contributed by atoms with Crippen molar-refractivity contribution < 1.29 is 13.9 Å². The van der Waals surface area contributed by atoms with E-state index in [9.17, 15) is 13.9 Å². The van der Waals surface area contributed by atoms with Crippen molar-refractivity contribution in [3.05, 3.63) is 83.9 Å². The van der Waals surface area contributed by atoms with Crippen LogP contribution in [0.2, 0.25) is 0 Å². The van der Waals surface area contributed by atoms with Gasteiger partial charge in [0.05, 0.1) is 6.33 Å². The van der Waals surface area contributed by atoms with Gasteiger partial charge in [-0.15, -0.1) is 0 Å². The molecule has 0 heterocycles. The highest BCUT2D eigenvalue weighted by Crippen LogP contribution is 2.28. The topological polar surface area (TPSA) is 23.1 Å². The molecule has 0 saturated heterocycles. The quantitative estimate of drug-likeness (QED) is 0.607. The standard InChI is InChI=1S/C16H12F2O/c17-11-14(12-7-3-1-4-8-12)15(18)16(19)13-9-5-2-6-10-13/h1-11,19H/p-1/b14-11+,16-15+. The molecule has 0 unspecified atom stereocenters. The summed E-state index contributed by atoms with van der Waals surface area (Å²) >= 11 is 0. The van der Waals surface area contributed by atoms with Gasteiger partial charge in [-0.25, -0.2) is 8.78 Å². The van der Waals surface area contributed by atoms with Gasteiger partial charge in [0.15, 0.2) is 0 Å². The predicted molar refractivity (Wildman–Crippen MR) is 70.0 cm³/mol.